The van der Waals surface area contributed by atoms with E-state index >= 15 is 0 Å². The standard InChI is InChI=1S/C6H5N3O/c10-4-5-1-2-9-6(5)3-7-8-9/h1-4,8H. The Bertz CT molecular complexity index is 360. The van der Waals surface area contributed by atoms with Crippen LogP contribution in [0.3, 0.4) is 0 Å². The Morgan fingerprint density at radius 2 is 2.60 bits per heavy atom. The van der Waals surface area contributed by atoms with E-state index in [1.54, 1.807) is 23.0 Å². The molecule has 0 amide bonds. The number of aromatic nitrogens is 3. The van der Waals surface area contributed by atoms with Crippen LogP contribution >= 0.6 is 0 Å². The fourth-order valence-electron chi connectivity index (χ4n) is 0.935. The van der Waals surface area contributed by atoms with E-state index in [4.69, 9.17) is 0 Å². The summed E-state index contributed by atoms with van der Waals surface area (Å²) in [5.74, 6) is 0. The molecule has 0 aliphatic carbocycles. The molecule has 1 N–H and O–H groups in total. The first-order chi connectivity index (χ1) is 4.92. The molecule has 50 valence electrons. The average molecular weight is 135 g/mol. The van der Waals surface area contributed by atoms with Gasteiger partial charge in [0.15, 0.2) is 6.29 Å². The number of hydrogen-bond donors (Lipinski definition) is 1. The SMILES string of the molecule is O=Cc1ccn2[nH]ncc12. The fourth-order valence-corrected chi connectivity index (χ4v) is 0.935. The van der Waals surface area contributed by atoms with E-state index in [2.05, 4.69) is 10.3 Å². The number of H-pyrrole nitrogens is 1. The van der Waals surface area contributed by atoms with Gasteiger partial charge in [-0.2, -0.15) is 5.10 Å². The Labute approximate surface area is 56.4 Å². The van der Waals surface area contributed by atoms with Gasteiger partial charge in [0, 0.05) is 11.8 Å². The van der Waals surface area contributed by atoms with Crippen LogP contribution in [0.25, 0.3) is 5.52 Å². The zero-order valence-electron chi connectivity index (χ0n) is 5.11. The molecule has 10 heavy (non-hydrogen) atoms. The number of aromatic amines is 1. The molecule has 0 atom stereocenters. The second kappa shape index (κ2) is 1.70. The summed E-state index contributed by atoms with van der Waals surface area (Å²) in [6, 6.07) is 1.74. The van der Waals surface area contributed by atoms with Gasteiger partial charge in [-0.1, -0.05) is 0 Å². The number of carbonyl (C=O) groups is 1. The van der Waals surface area contributed by atoms with Gasteiger partial charge in [0.1, 0.15) is 0 Å². The van der Waals surface area contributed by atoms with Crippen molar-refractivity contribution in [1.82, 2.24) is 14.8 Å². The Hall–Kier alpha value is -1.58. The van der Waals surface area contributed by atoms with Crippen LogP contribution in [0.5, 0.6) is 0 Å². The van der Waals surface area contributed by atoms with Crippen LogP contribution in [0.4, 0.5) is 0 Å². The number of fused-ring (bicyclic) bond motifs is 1. The quantitative estimate of drug-likeness (QED) is 0.578. The maximum Gasteiger partial charge on any atom is 0.152 e. The lowest BCUT2D eigenvalue weighted by atomic mass is 10.3. The molecule has 4 nitrogen and oxygen atoms in total. The molecular weight excluding hydrogens is 130 g/mol. The van der Waals surface area contributed by atoms with E-state index in [0.717, 1.165) is 11.8 Å². The van der Waals surface area contributed by atoms with Crippen molar-refractivity contribution in [2.24, 2.45) is 0 Å². The lowest BCUT2D eigenvalue weighted by Crippen LogP contribution is -1.79. The minimum atomic E-state index is 0.661. The van der Waals surface area contributed by atoms with E-state index in [9.17, 15) is 4.79 Å². The minimum absolute atomic E-state index is 0.661. The van der Waals surface area contributed by atoms with Crippen LogP contribution in [-0.2, 0) is 0 Å². The van der Waals surface area contributed by atoms with Gasteiger partial charge in [-0.05, 0) is 6.07 Å². The van der Waals surface area contributed by atoms with Gasteiger partial charge < -0.3 is 0 Å². The third-order valence-electron chi connectivity index (χ3n) is 1.44. The highest BCUT2D eigenvalue weighted by atomic mass is 16.1. The highest BCUT2D eigenvalue weighted by Gasteiger charge is 1.99. The maximum atomic E-state index is 10.3. The van der Waals surface area contributed by atoms with Crippen LogP contribution in [0.2, 0.25) is 0 Å². The van der Waals surface area contributed by atoms with E-state index < -0.39 is 0 Å². The highest BCUT2D eigenvalue weighted by molar-refractivity contribution is 5.85. The van der Waals surface area contributed by atoms with Crippen molar-refractivity contribution in [3.05, 3.63) is 24.0 Å². The van der Waals surface area contributed by atoms with Gasteiger partial charge in [-0.3, -0.25) is 4.79 Å². The number of nitrogens with zero attached hydrogens (tertiary/aromatic N) is 2. The molecule has 2 heterocycles. The Morgan fingerprint density at radius 1 is 1.70 bits per heavy atom. The second-order valence-corrected chi connectivity index (χ2v) is 2.00. The minimum Gasteiger partial charge on any atom is -0.298 e. The Balaban J connectivity index is 2.88. The molecule has 0 unspecified atom stereocenters. The summed E-state index contributed by atoms with van der Waals surface area (Å²) in [7, 11) is 0. The summed E-state index contributed by atoms with van der Waals surface area (Å²) < 4.78 is 1.68. The molecule has 0 spiro atoms. The molecule has 0 aliphatic rings. The van der Waals surface area contributed by atoms with Crippen molar-refractivity contribution < 1.29 is 4.79 Å². The van der Waals surface area contributed by atoms with Gasteiger partial charge in [0.25, 0.3) is 0 Å². The summed E-state index contributed by atoms with van der Waals surface area (Å²) >= 11 is 0. The zero-order valence-corrected chi connectivity index (χ0v) is 5.11. The molecule has 0 saturated heterocycles. The topological polar surface area (TPSA) is 50.2 Å². The molecule has 0 radical (unpaired) electrons. The molecule has 2 aromatic rings. The molecule has 2 aromatic heterocycles. The first-order valence-electron chi connectivity index (χ1n) is 2.87. The van der Waals surface area contributed by atoms with Gasteiger partial charge in [-0.15, -0.1) is 0 Å². The van der Waals surface area contributed by atoms with Gasteiger partial charge >= 0.3 is 0 Å². The van der Waals surface area contributed by atoms with Crippen molar-refractivity contribution in [1.29, 1.82) is 0 Å². The van der Waals surface area contributed by atoms with E-state index in [0.29, 0.717) is 5.56 Å². The third kappa shape index (κ3) is 0.500. The summed E-state index contributed by atoms with van der Waals surface area (Å²) in [5.41, 5.74) is 1.48. The molecule has 0 aliphatic heterocycles. The predicted octanol–water partition coefficient (Wildman–Crippen LogP) is 0.475. The highest BCUT2D eigenvalue weighted by Crippen LogP contribution is 2.06. The van der Waals surface area contributed by atoms with Gasteiger partial charge in [0.05, 0.1) is 11.7 Å². The smallest absolute Gasteiger partial charge is 0.152 e. The van der Waals surface area contributed by atoms with Crippen LogP contribution < -0.4 is 0 Å². The van der Waals surface area contributed by atoms with Crippen molar-refractivity contribution >= 4 is 11.8 Å². The fraction of sp³-hybridized carbons (Fsp3) is 0. The molecule has 0 aromatic carbocycles. The van der Waals surface area contributed by atoms with E-state index in [1.807, 2.05) is 0 Å². The Kier molecular flexibility index (Phi) is 0.887. The number of nitrogens with one attached hydrogen (secondary N) is 1. The zero-order chi connectivity index (χ0) is 6.97. The Morgan fingerprint density at radius 3 is 3.40 bits per heavy atom. The molecule has 0 bridgehead atoms. The lowest BCUT2D eigenvalue weighted by molar-refractivity contribution is 0.112. The van der Waals surface area contributed by atoms with Crippen molar-refractivity contribution in [3.8, 4) is 0 Å². The number of rotatable bonds is 1. The van der Waals surface area contributed by atoms with Gasteiger partial charge in [0.2, 0.25) is 0 Å². The average Bonchev–Trinajstić information content (AvgIpc) is 2.44. The van der Waals surface area contributed by atoms with E-state index in [1.165, 1.54) is 0 Å². The normalized spacial score (nSPS) is 10.4. The molecule has 0 fully saturated rings. The van der Waals surface area contributed by atoms with Crippen LogP contribution in [-0.4, -0.2) is 21.1 Å². The number of hydrogen-bond acceptors (Lipinski definition) is 2. The predicted molar refractivity (Wildman–Crippen MR) is 34.9 cm³/mol. The summed E-state index contributed by atoms with van der Waals surface area (Å²) in [6.07, 6.45) is 4.18. The monoisotopic (exact) mass is 135 g/mol. The van der Waals surface area contributed by atoms with Crippen LogP contribution in [0.15, 0.2) is 18.5 Å². The first-order valence-corrected chi connectivity index (χ1v) is 2.87. The van der Waals surface area contributed by atoms with Crippen LogP contribution in [0.1, 0.15) is 10.4 Å². The van der Waals surface area contributed by atoms with Crippen molar-refractivity contribution in [2.75, 3.05) is 0 Å². The first kappa shape index (κ1) is 5.22. The van der Waals surface area contributed by atoms with E-state index in [-0.39, 0.29) is 0 Å². The van der Waals surface area contributed by atoms with Crippen molar-refractivity contribution in [3.63, 3.8) is 0 Å². The summed E-state index contributed by atoms with van der Waals surface area (Å²) in [5, 5.41) is 6.43. The van der Waals surface area contributed by atoms with Gasteiger partial charge in [-0.25, -0.2) is 9.73 Å². The number of carbonyl (C=O) groups excluding carboxylic acids is 1. The largest absolute Gasteiger partial charge is 0.298 e. The van der Waals surface area contributed by atoms with Crippen molar-refractivity contribution in [2.45, 2.75) is 0 Å². The molecule has 2 rings (SSSR count). The third-order valence-corrected chi connectivity index (χ3v) is 1.44. The lowest BCUT2D eigenvalue weighted by Gasteiger charge is -1.78. The molecular formula is C6H5N3O. The second-order valence-electron chi connectivity index (χ2n) is 2.00. The maximum absolute atomic E-state index is 10.3. The number of aldehydes is 1. The van der Waals surface area contributed by atoms with Crippen LogP contribution in [0, 0.1) is 0 Å². The molecule has 0 saturated carbocycles. The summed E-state index contributed by atoms with van der Waals surface area (Å²) in [4.78, 5) is 10.3. The summed E-state index contributed by atoms with van der Waals surface area (Å²) in [6.45, 7) is 0. The molecule has 4 heteroatoms.